The fourth-order valence-electron chi connectivity index (χ4n) is 1.26. The summed E-state index contributed by atoms with van der Waals surface area (Å²) in [6.45, 7) is 0. The highest BCUT2D eigenvalue weighted by Gasteiger charge is 2.03. The summed E-state index contributed by atoms with van der Waals surface area (Å²) in [4.78, 5) is 4.26. The average molecular weight is 273 g/mol. The van der Waals surface area contributed by atoms with Crippen molar-refractivity contribution in [2.75, 3.05) is 7.11 Å². The molecule has 2 aromatic rings. The minimum atomic E-state index is 0.680. The molecule has 0 aliphatic rings. The first-order chi connectivity index (χ1) is 6.70. The Morgan fingerprint density at radius 3 is 2.86 bits per heavy atom. The lowest BCUT2D eigenvalue weighted by Gasteiger charge is -2.03. The molecule has 0 saturated carbocycles. The molecule has 0 N–H and O–H groups in total. The predicted octanol–water partition coefficient (Wildman–Crippen LogP) is 3.66. The number of benzene rings is 1. The molecule has 2 rings (SSSR count). The molecule has 0 bridgehead atoms. The van der Waals surface area contributed by atoms with Crippen LogP contribution in [0.5, 0.6) is 5.75 Å². The second-order valence-electron chi connectivity index (χ2n) is 2.83. The summed E-state index contributed by atoms with van der Waals surface area (Å²) >= 11 is 9.33. The van der Waals surface area contributed by atoms with Crippen LogP contribution < -0.4 is 4.74 Å². The number of pyridine rings is 1. The van der Waals surface area contributed by atoms with Crippen LogP contribution in [0.25, 0.3) is 10.9 Å². The van der Waals surface area contributed by atoms with Crippen LogP contribution >= 0.6 is 27.5 Å². The van der Waals surface area contributed by atoms with Gasteiger partial charge in [0.1, 0.15) is 5.75 Å². The molecular formula is C10H7BrClNO. The lowest BCUT2D eigenvalue weighted by molar-refractivity contribution is 0.414. The van der Waals surface area contributed by atoms with Crippen molar-refractivity contribution in [2.24, 2.45) is 0 Å². The van der Waals surface area contributed by atoms with Crippen molar-refractivity contribution in [1.29, 1.82) is 0 Å². The summed E-state index contributed by atoms with van der Waals surface area (Å²) in [7, 11) is 1.61. The number of fused-ring (bicyclic) bond motifs is 1. The van der Waals surface area contributed by atoms with Crippen LogP contribution in [0.2, 0.25) is 5.02 Å². The maximum atomic E-state index is 5.92. The molecule has 0 spiro atoms. The number of hydrogen-bond acceptors (Lipinski definition) is 2. The van der Waals surface area contributed by atoms with Crippen molar-refractivity contribution in [3.8, 4) is 5.75 Å². The van der Waals surface area contributed by atoms with Gasteiger partial charge in [-0.15, -0.1) is 0 Å². The van der Waals surface area contributed by atoms with Crippen LogP contribution in [0.4, 0.5) is 0 Å². The molecule has 72 valence electrons. The standard InChI is InChI=1S/C10H7BrClNO/c1-14-8-3-6-2-7(12)4-9(11)10(6)13-5-8/h2-5H,1H3. The molecular weight excluding hydrogens is 265 g/mol. The van der Waals surface area contributed by atoms with E-state index in [2.05, 4.69) is 20.9 Å². The van der Waals surface area contributed by atoms with E-state index in [-0.39, 0.29) is 0 Å². The number of aromatic nitrogens is 1. The van der Waals surface area contributed by atoms with Crippen LogP contribution in [-0.2, 0) is 0 Å². The molecule has 14 heavy (non-hydrogen) atoms. The van der Waals surface area contributed by atoms with Gasteiger partial charge in [0.15, 0.2) is 0 Å². The fourth-order valence-corrected chi connectivity index (χ4v) is 2.20. The zero-order valence-electron chi connectivity index (χ0n) is 7.42. The Morgan fingerprint density at radius 2 is 2.14 bits per heavy atom. The molecule has 2 nitrogen and oxygen atoms in total. The molecule has 0 amide bonds. The molecule has 0 unspecified atom stereocenters. The van der Waals surface area contributed by atoms with Crippen LogP contribution in [0.1, 0.15) is 0 Å². The van der Waals surface area contributed by atoms with Crippen LogP contribution in [-0.4, -0.2) is 12.1 Å². The summed E-state index contributed by atoms with van der Waals surface area (Å²) in [5, 5.41) is 1.64. The van der Waals surface area contributed by atoms with Crippen molar-refractivity contribution in [2.45, 2.75) is 0 Å². The molecule has 0 saturated heterocycles. The van der Waals surface area contributed by atoms with E-state index < -0.39 is 0 Å². The third-order valence-electron chi connectivity index (χ3n) is 1.91. The lowest BCUT2D eigenvalue weighted by atomic mass is 10.2. The fraction of sp³-hybridized carbons (Fsp3) is 0.100. The Hall–Kier alpha value is -0.800. The van der Waals surface area contributed by atoms with Gasteiger partial charge in [-0.1, -0.05) is 11.6 Å². The Morgan fingerprint density at radius 1 is 1.36 bits per heavy atom. The highest BCUT2D eigenvalue weighted by atomic mass is 79.9. The van der Waals surface area contributed by atoms with Crippen molar-refractivity contribution in [1.82, 2.24) is 4.98 Å². The van der Waals surface area contributed by atoms with Gasteiger partial charge in [-0.05, 0) is 34.1 Å². The largest absolute Gasteiger partial charge is 0.495 e. The summed E-state index contributed by atoms with van der Waals surface area (Å²) in [5.41, 5.74) is 0.884. The molecule has 0 radical (unpaired) electrons. The molecule has 0 aliphatic carbocycles. The van der Waals surface area contributed by atoms with E-state index in [4.69, 9.17) is 16.3 Å². The maximum absolute atomic E-state index is 5.92. The van der Waals surface area contributed by atoms with Gasteiger partial charge < -0.3 is 4.74 Å². The van der Waals surface area contributed by atoms with Gasteiger partial charge in [-0.3, -0.25) is 4.98 Å². The molecule has 0 aliphatic heterocycles. The van der Waals surface area contributed by atoms with E-state index in [1.165, 1.54) is 0 Å². The van der Waals surface area contributed by atoms with Crippen LogP contribution in [0, 0.1) is 0 Å². The topological polar surface area (TPSA) is 22.1 Å². The van der Waals surface area contributed by atoms with Gasteiger partial charge in [0.05, 0.1) is 18.8 Å². The zero-order valence-corrected chi connectivity index (χ0v) is 9.76. The smallest absolute Gasteiger partial charge is 0.137 e. The van der Waals surface area contributed by atoms with Crippen molar-refractivity contribution in [3.05, 3.63) is 33.9 Å². The Kier molecular flexibility index (Phi) is 2.61. The van der Waals surface area contributed by atoms with E-state index in [1.54, 1.807) is 13.3 Å². The molecule has 1 aromatic heterocycles. The molecule has 0 atom stereocenters. The Labute approximate surface area is 95.0 Å². The maximum Gasteiger partial charge on any atom is 0.137 e. The first-order valence-electron chi connectivity index (χ1n) is 3.99. The highest BCUT2D eigenvalue weighted by Crippen LogP contribution is 2.28. The minimum absolute atomic E-state index is 0.680. The van der Waals surface area contributed by atoms with Crippen molar-refractivity contribution in [3.63, 3.8) is 0 Å². The average Bonchev–Trinajstić information content (AvgIpc) is 2.16. The second-order valence-corrected chi connectivity index (χ2v) is 4.13. The number of methoxy groups -OCH3 is 1. The first kappa shape index (κ1) is 9.74. The number of hydrogen-bond donors (Lipinski definition) is 0. The van der Waals surface area contributed by atoms with E-state index in [1.807, 2.05) is 18.2 Å². The summed E-state index contributed by atoms with van der Waals surface area (Å²) < 4.78 is 5.97. The lowest BCUT2D eigenvalue weighted by Crippen LogP contribution is -1.86. The third-order valence-corrected chi connectivity index (χ3v) is 2.73. The van der Waals surface area contributed by atoms with Gasteiger partial charge in [0.25, 0.3) is 0 Å². The van der Waals surface area contributed by atoms with Crippen LogP contribution in [0.3, 0.4) is 0 Å². The van der Waals surface area contributed by atoms with Gasteiger partial charge in [0, 0.05) is 14.9 Å². The summed E-state index contributed by atoms with van der Waals surface area (Å²) in [6.07, 6.45) is 1.68. The van der Waals surface area contributed by atoms with Crippen LogP contribution in [0.15, 0.2) is 28.9 Å². The number of ether oxygens (including phenoxy) is 1. The third kappa shape index (κ3) is 1.70. The highest BCUT2D eigenvalue weighted by molar-refractivity contribution is 9.10. The SMILES string of the molecule is COc1cnc2c(Br)cc(Cl)cc2c1. The minimum Gasteiger partial charge on any atom is -0.495 e. The summed E-state index contributed by atoms with van der Waals surface area (Å²) in [6, 6.07) is 5.58. The number of halogens is 2. The Balaban J connectivity index is 2.75. The molecule has 4 heteroatoms. The number of nitrogens with zero attached hydrogens (tertiary/aromatic N) is 1. The van der Waals surface area contributed by atoms with Crippen molar-refractivity contribution >= 4 is 38.4 Å². The van der Waals surface area contributed by atoms with E-state index in [0.29, 0.717) is 5.02 Å². The van der Waals surface area contributed by atoms with E-state index >= 15 is 0 Å². The quantitative estimate of drug-likeness (QED) is 0.790. The van der Waals surface area contributed by atoms with E-state index in [0.717, 1.165) is 21.1 Å². The van der Waals surface area contributed by atoms with Gasteiger partial charge in [-0.2, -0.15) is 0 Å². The van der Waals surface area contributed by atoms with Gasteiger partial charge in [0.2, 0.25) is 0 Å². The zero-order chi connectivity index (χ0) is 10.1. The van der Waals surface area contributed by atoms with E-state index in [9.17, 15) is 0 Å². The molecule has 1 aromatic carbocycles. The number of rotatable bonds is 1. The first-order valence-corrected chi connectivity index (χ1v) is 5.16. The van der Waals surface area contributed by atoms with Gasteiger partial charge in [-0.25, -0.2) is 0 Å². The van der Waals surface area contributed by atoms with Crippen molar-refractivity contribution < 1.29 is 4.74 Å². The summed E-state index contributed by atoms with van der Waals surface area (Å²) in [5.74, 6) is 0.728. The predicted molar refractivity (Wildman–Crippen MR) is 61.0 cm³/mol. The monoisotopic (exact) mass is 271 g/mol. The Bertz CT molecular complexity index is 487. The second kappa shape index (κ2) is 3.75. The normalized spacial score (nSPS) is 10.5. The molecule has 0 fully saturated rings. The molecule has 1 heterocycles. The van der Waals surface area contributed by atoms with Gasteiger partial charge >= 0.3 is 0 Å².